The van der Waals surface area contributed by atoms with Gasteiger partial charge in [-0.2, -0.15) is 0 Å². The van der Waals surface area contributed by atoms with Crippen LogP contribution in [0.15, 0.2) is 11.4 Å². The van der Waals surface area contributed by atoms with Crippen molar-refractivity contribution in [2.24, 2.45) is 0 Å². The molecule has 1 unspecified atom stereocenters. The van der Waals surface area contributed by atoms with Crippen LogP contribution in [-0.4, -0.2) is 23.7 Å². The summed E-state index contributed by atoms with van der Waals surface area (Å²) in [5, 5.41) is 13.6. The zero-order chi connectivity index (χ0) is 11.3. The lowest BCUT2D eigenvalue weighted by atomic mass is 10.2. The van der Waals surface area contributed by atoms with Crippen molar-refractivity contribution in [1.29, 1.82) is 0 Å². The van der Waals surface area contributed by atoms with Gasteiger partial charge in [-0.15, -0.1) is 11.3 Å². The Kier molecular flexibility index (Phi) is 4.58. The minimum atomic E-state index is -0.311. The first-order chi connectivity index (χ1) is 7.11. The van der Waals surface area contributed by atoms with E-state index in [4.69, 9.17) is 10.8 Å². The largest absolute Gasteiger partial charge is 0.397 e. The number of hydrogen-bond acceptors (Lipinski definition) is 4. The minimum absolute atomic E-state index is 0.131. The molecule has 1 amide bonds. The van der Waals surface area contributed by atoms with Gasteiger partial charge in [-0.25, -0.2) is 0 Å². The minimum Gasteiger partial charge on any atom is -0.397 e. The maximum absolute atomic E-state index is 11.5. The van der Waals surface area contributed by atoms with Crippen LogP contribution in [0.25, 0.3) is 0 Å². The zero-order valence-electron chi connectivity index (χ0n) is 8.69. The molecule has 0 aliphatic heterocycles. The summed E-state index contributed by atoms with van der Waals surface area (Å²) in [6, 6.07) is 1.72. The molecule has 5 heteroatoms. The average Bonchev–Trinajstić information content (AvgIpc) is 2.58. The third kappa shape index (κ3) is 3.89. The van der Waals surface area contributed by atoms with Crippen LogP contribution in [0, 0.1) is 0 Å². The highest BCUT2D eigenvalue weighted by Gasteiger charge is 2.09. The summed E-state index contributed by atoms with van der Waals surface area (Å²) in [5.41, 5.74) is 6.12. The van der Waals surface area contributed by atoms with Gasteiger partial charge in [-0.1, -0.05) is 0 Å². The number of thiophene rings is 1. The Hall–Kier alpha value is -1.07. The Morgan fingerprint density at radius 3 is 3.00 bits per heavy atom. The fraction of sp³-hybridized carbons (Fsp3) is 0.500. The van der Waals surface area contributed by atoms with Crippen molar-refractivity contribution in [3.8, 4) is 0 Å². The highest BCUT2D eigenvalue weighted by Crippen LogP contribution is 2.18. The second-order valence-corrected chi connectivity index (χ2v) is 4.37. The number of nitrogen functional groups attached to an aromatic ring is 1. The number of anilines is 1. The quantitative estimate of drug-likeness (QED) is 0.663. The van der Waals surface area contributed by atoms with Crippen molar-refractivity contribution in [1.82, 2.24) is 5.32 Å². The number of aliphatic hydroxyl groups excluding tert-OH is 1. The molecule has 1 aromatic rings. The molecule has 0 aromatic carbocycles. The first kappa shape index (κ1) is 12.0. The molecule has 0 radical (unpaired) electrons. The van der Waals surface area contributed by atoms with Gasteiger partial charge in [0.15, 0.2) is 0 Å². The number of hydrogen-bond donors (Lipinski definition) is 3. The second kappa shape index (κ2) is 5.72. The molecule has 0 aliphatic rings. The third-order valence-electron chi connectivity index (χ3n) is 1.99. The monoisotopic (exact) mass is 228 g/mol. The molecule has 4 N–H and O–H groups in total. The number of amides is 1. The van der Waals surface area contributed by atoms with Gasteiger partial charge in [0.05, 0.1) is 11.8 Å². The molecule has 0 saturated heterocycles. The first-order valence-electron chi connectivity index (χ1n) is 4.90. The number of aliphatic hydroxyl groups is 1. The van der Waals surface area contributed by atoms with Crippen molar-refractivity contribution in [2.45, 2.75) is 25.9 Å². The molecule has 0 fully saturated rings. The lowest BCUT2D eigenvalue weighted by Crippen LogP contribution is -2.24. The SMILES string of the molecule is CC(O)CCCNC(=O)c1sccc1N. The van der Waals surface area contributed by atoms with E-state index >= 15 is 0 Å². The highest BCUT2D eigenvalue weighted by molar-refractivity contribution is 7.12. The number of nitrogens with two attached hydrogens (primary N) is 1. The molecular formula is C10H16N2O2S. The maximum atomic E-state index is 11.5. The van der Waals surface area contributed by atoms with E-state index < -0.39 is 0 Å². The van der Waals surface area contributed by atoms with Crippen LogP contribution in [-0.2, 0) is 0 Å². The molecule has 0 spiro atoms. The summed E-state index contributed by atoms with van der Waals surface area (Å²) in [5.74, 6) is -0.131. The Morgan fingerprint density at radius 1 is 1.73 bits per heavy atom. The van der Waals surface area contributed by atoms with Gasteiger partial charge in [0.25, 0.3) is 5.91 Å². The Bertz CT molecular complexity index is 323. The van der Waals surface area contributed by atoms with E-state index in [-0.39, 0.29) is 12.0 Å². The van der Waals surface area contributed by atoms with E-state index in [1.807, 2.05) is 0 Å². The van der Waals surface area contributed by atoms with Crippen molar-refractivity contribution in [3.05, 3.63) is 16.3 Å². The van der Waals surface area contributed by atoms with Gasteiger partial charge in [-0.05, 0) is 31.2 Å². The lowest BCUT2D eigenvalue weighted by Gasteiger charge is -2.05. The van der Waals surface area contributed by atoms with Crippen LogP contribution in [0.3, 0.4) is 0 Å². The summed E-state index contributed by atoms with van der Waals surface area (Å²) >= 11 is 1.34. The highest BCUT2D eigenvalue weighted by atomic mass is 32.1. The van der Waals surface area contributed by atoms with Crippen molar-refractivity contribution < 1.29 is 9.90 Å². The van der Waals surface area contributed by atoms with E-state index in [1.165, 1.54) is 11.3 Å². The molecule has 1 rings (SSSR count). The molecule has 0 saturated carbocycles. The van der Waals surface area contributed by atoms with Crippen molar-refractivity contribution >= 4 is 22.9 Å². The fourth-order valence-corrected chi connectivity index (χ4v) is 1.92. The predicted molar refractivity (Wildman–Crippen MR) is 62.0 cm³/mol. The fourth-order valence-electron chi connectivity index (χ4n) is 1.18. The van der Waals surface area contributed by atoms with Crippen molar-refractivity contribution in [2.75, 3.05) is 12.3 Å². The number of nitrogens with one attached hydrogen (secondary N) is 1. The third-order valence-corrected chi connectivity index (χ3v) is 2.92. The van der Waals surface area contributed by atoms with Gasteiger partial charge in [0.1, 0.15) is 4.88 Å². The van der Waals surface area contributed by atoms with Crippen LogP contribution in [0.2, 0.25) is 0 Å². The Morgan fingerprint density at radius 2 is 2.47 bits per heavy atom. The molecular weight excluding hydrogens is 212 g/mol. The molecule has 84 valence electrons. The van der Waals surface area contributed by atoms with Gasteiger partial charge < -0.3 is 16.2 Å². The number of carbonyl (C=O) groups is 1. The normalized spacial score (nSPS) is 12.4. The van der Waals surface area contributed by atoms with E-state index in [0.29, 0.717) is 23.5 Å². The molecule has 15 heavy (non-hydrogen) atoms. The van der Waals surface area contributed by atoms with E-state index in [1.54, 1.807) is 18.4 Å². The molecule has 0 aliphatic carbocycles. The van der Waals surface area contributed by atoms with E-state index in [0.717, 1.165) is 6.42 Å². The van der Waals surface area contributed by atoms with Crippen LogP contribution in [0.4, 0.5) is 5.69 Å². The second-order valence-electron chi connectivity index (χ2n) is 3.45. The van der Waals surface area contributed by atoms with Crippen LogP contribution in [0.1, 0.15) is 29.4 Å². The summed E-state index contributed by atoms with van der Waals surface area (Å²) in [6.07, 6.45) is 1.16. The summed E-state index contributed by atoms with van der Waals surface area (Å²) < 4.78 is 0. The maximum Gasteiger partial charge on any atom is 0.263 e. The van der Waals surface area contributed by atoms with Gasteiger partial charge in [-0.3, -0.25) is 4.79 Å². The van der Waals surface area contributed by atoms with Gasteiger partial charge >= 0.3 is 0 Å². The van der Waals surface area contributed by atoms with E-state index in [2.05, 4.69) is 5.32 Å². The zero-order valence-corrected chi connectivity index (χ0v) is 9.51. The molecule has 1 heterocycles. The molecule has 0 bridgehead atoms. The number of carbonyl (C=O) groups excluding carboxylic acids is 1. The molecule has 1 atom stereocenters. The summed E-state index contributed by atoms with van der Waals surface area (Å²) in [6.45, 7) is 2.31. The van der Waals surface area contributed by atoms with Crippen molar-refractivity contribution in [3.63, 3.8) is 0 Å². The van der Waals surface area contributed by atoms with Crippen LogP contribution >= 0.6 is 11.3 Å². The first-order valence-corrected chi connectivity index (χ1v) is 5.78. The molecule has 1 aromatic heterocycles. The number of rotatable bonds is 5. The predicted octanol–water partition coefficient (Wildman–Crippen LogP) is 1.22. The summed E-state index contributed by atoms with van der Waals surface area (Å²) in [7, 11) is 0. The van der Waals surface area contributed by atoms with Crippen LogP contribution < -0.4 is 11.1 Å². The average molecular weight is 228 g/mol. The van der Waals surface area contributed by atoms with Gasteiger partial charge in [0.2, 0.25) is 0 Å². The van der Waals surface area contributed by atoms with Crippen LogP contribution in [0.5, 0.6) is 0 Å². The lowest BCUT2D eigenvalue weighted by molar-refractivity contribution is 0.0954. The summed E-state index contributed by atoms with van der Waals surface area (Å²) in [4.78, 5) is 12.1. The standard InChI is InChI=1S/C10H16N2O2S/c1-7(13)3-2-5-12-10(14)9-8(11)4-6-15-9/h4,6-7,13H,2-3,5,11H2,1H3,(H,12,14). The Balaban J connectivity index is 2.28. The topological polar surface area (TPSA) is 75.3 Å². The molecule has 4 nitrogen and oxygen atoms in total. The Labute approximate surface area is 93.1 Å². The smallest absolute Gasteiger partial charge is 0.263 e. The van der Waals surface area contributed by atoms with E-state index in [9.17, 15) is 4.79 Å². The van der Waals surface area contributed by atoms with Gasteiger partial charge in [0, 0.05) is 6.54 Å².